The number of halogens is 1. The topological polar surface area (TPSA) is 112 Å². The summed E-state index contributed by atoms with van der Waals surface area (Å²) >= 11 is 7.18. The summed E-state index contributed by atoms with van der Waals surface area (Å²) in [7, 11) is 3.10. The fourth-order valence-electron chi connectivity index (χ4n) is 3.37. The molecule has 0 aliphatic rings. The molecule has 0 saturated carbocycles. The van der Waals surface area contributed by atoms with Gasteiger partial charge in [-0.2, -0.15) is 0 Å². The van der Waals surface area contributed by atoms with Crippen LogP contribution in [0.15, 0.2) is 66.2 Å². The van der Waals surface area contributed by atoms with Crippen LogP contribution in [0.3, 0.4) is 0 Å². The van der Waals surface area contributed by atoms with Gasteiger partial charge in [-0.3, -0.25) is 9.59 Å². The van der Waals surface area contributed by atoms with Gasteiger partial charge in [-0.15, -0.1) is 11.3 Å². The molecule has 11 heteroatoms. The highest BCUT2D eigenvalue weighted by molar-refractivity contribution is 7.09. The van der Waals surface area contributed by atoms with E-state index < -0.39 is 0 Å². The van der Waals surface area contributed by atoms with Crippen LogP contribution in [-0.4, -0.2) is 36.0 Å². The summed E-state index contributed by atoms with van der Waals surface area (Å²) in [6.45, 7) is 0.371. The fraction of sp³-hybridized carbons (Fsp3) is 0.154. The number of pyridine rings is 1. The van der Waals surface area contributed by atoms with Crippen molar-refractivity contribution in [3.05, 3.63) is 93.0 Å². The second-order valence-corrected chi connectivity index (χ2v) is 8.94. The van der Waals surface area contributed by atoms with Crippen LogP contribution in [0.1, 0.15) is 31.4 Å². The Morgan fingerprint density at radius 3 is 2.49 bits per heavy atom. The maximum absolute atomic E-state index is 12.8. The maximum atomic E-state index is 12.8. The lowest BCUT2D eigenvalue weighted by molar-refractivity contribution is 0.0942. The number of amides is 2. The van der Waals surface area contributed by atoms with Crippen molar-refractivity contribution in [2.75, 3.05) is 14.2 Å². The maximum Gasteiger partial charge on any atom is 0.271 e. The number of carbonyl (C=O) groups is 2. The zero-order chi connectivity index (χ0) is 26.2. The van der Waals surface area contributed by atoms with Crippen molar-refractivity contribution < 1.29 is 23.8 Å². The highest BCUT2D eigenvalue weighted by atomic mass is 35.5. The van der Waals surface area contributed by atoms with Crippen LogP contribution in [0.2, 0.25) is 5.02 Å². The fourth-order valence-corrected chi connectivity index (χ4v) is 4.21. The van der Waals surface area contributed by atoms with Crippen LogP contribution in [0, 0.1) is 0 Å². The van der Waals surface area contributed by atoms with Crippen LogP contribution in [-0.2, 0) is 13.1 Å². The minimum atomic E-state index is -0.386. The first kappa shape index (κ1) is 25.9. The minimum absolute atomic E-state index is 0.135. The van der Waals surface area contributed by atoms with Gasteiger partial charge < -0.3 is 24.8 Å². The molecule has 2 aromatic heterocycles. The number of ether oxygens (including phenoxy) is 3. The molecule has 0 bridgehead atoms. The second kappa shape index (κ2) is 12.2. The first-order chi connectivity index (χ1) is 18.0. The normalized spacial score (nSPS) is 10.5. The first-order valence-corrected chi connectivity index (χ1v) is 12.3. The standard InChI is InChI=1S/C26H23ClN4O5S/c1-34-21-7-3-5-16(23(21)35-2)13-29-25(33)20-15-37-22(31-20)14-30-24(32)19-6-4-12-28-26(19)36-18-10-8-17(27)9-11-18/h3-12,15H,13-14H2,1-2H3,(H,29,33)(H,30,32). The van der Waals surface area contributed by atoms with Gasteiger partial charge >= 0.3 is 0 Å². The summed E-state index contributed by atoms with van der Waals surface area (Å²) in [5.74, 6) is 1.07. The Bertz CT molecular complexity index is 1390. The molecule has 0 aliphatic carbocycles. The van der Waals surface area contributed by atoms with Crippen molar-refractivity contribution in [1.82, 2.24) is 20.6 Å². The van der Waals surface area contributed by atoms with Gasteiger partial charge in [-0.1, -0.05) is 23.7 Å². The quantitative estimate of drug-likeness (QED) is 0.296. The molecule has 0 radical (unpaired) electrons. The van der Waals surface area contributed by atoms with Gasteiger partial charge in [-0.25, -0.2) is 9.97 Å². The van der Waals surface area contributed by atoms with Crippen LogP contribution >= 0.6 is 22.9 Å². The smallest absolute Gasteiger partial charge is 0.271 e. The lowest BCUT2D eigenvalue weighted by atomic mass is 10.2. The first-order valence-electron chi connectivity index (χ1n) is 11.1. The average Bonchev–Trinajstić information content (AvgIpc) is 3.41. The summed E-state index contributed by atoms with van der Waals surface area (Å²) in [6.07, 6.45) is 1.54. The number of nitrogens with zero attached hydrogens (tertiary/aromatic N) is 2. The van der Waals surface area contributed by atoms with Gasteiger partial charge in [0.2, 0.25) is 5.88 Å². The molecule has 0 unspecified atom stereocenters. The van der Waals surface area contributed by atoms with E-state index in [4.69, 9.17) is 25.8 Å². The van der Waals surface area contributed by atoms with Crippen LogP contribution < -0.4 is 24.8 Å². The second-order valence-electron chi connectivity index (χ2n) is 7.56. The zero-order valence-electron chi connectivity index (χ0n) is 20.0. The lowest BCUT2D eigenvalue weighted by Gasteiger charge is -2.12. The Kier molecular flexibility index (Phi) is 8.55. The van der Waals surface area contributed by atoms with Crippen molar-refractivity contribution in [3.8, 4) is 23.1 Å². The molecule has 4 aromatic rings. The van der Waals surface area contributed by atoms with E-state index in [1.807, 2.05) is 12.1 Å². The molecule has 9 nitrogen and oxygen atoms in total. The number of aromatic nitrogens is 2. The molecule has 4 rings (SSSR count). The third-order valence-electron chi connectivity index (χ3n) is 5.15. The van der Waals surface area contributed by atoms with E-state index in [0.29, 0.717) is 27.3 Å². The van der Waals surface area contributed by atoms with Gasteiger partial charge in [0.1, 0.15) is 22.0 Å². The SMILES string of the molecule is COc1cccc(CNC(=O)c2csc(CNC(=O)c3cccnc3Oc3ccc(Cl)cc3)n2)c1OC. The van der Waals surface area contributed by atoms with E-state index >= 15 is 0 Å². The molecule has 190 valence electrons. The predicted molar refractivity (Wildman–Crippen MR) is 140 cm³/mol. The molecule has 37 heavy (non-hydrogen) atoms. The molecule has 0 atom stereocenters. The monoisotopic (exact) mass is 538 g/mol. The molecule has 2 heterocycles. The van der Waals surface area contributed by atoms with E-state index in [1.54, 1.807) is 62.1 Å². The summed E-state index contributed by atoms with van der Waals surface area (Å²) in [6, 6.07) is 15.4. The Morgan fingerprint density at radius 1 is 0.946 bits per heavy atom. The molecule has 0 spiro atoms. The Balaban J connectivity index is 1.35. The van der Waals surface area contributed by atoms with Gasteiger partial charge in [0.25, 0.3) is 11.8 Å². The summed E-state index contributed by atoms with van der Waals surface area (Å²) in [4.78, 5) is 34.0. The van der Waals surface area contributed by atoms with E-state index in [2.05, 4.69) is 20.6 Å². The zero-order valence-corrected chi connectivity index (χ0v) is 21.6. The minimum Gasteiger partial charge on any atom is -0.493 e. The predicted octanol–water partition coefficient (Wildman–Crippen LogP) is 4.86. The van der Waals surface area contributed by atoms with Gasteiger partial charge in [0.05, 0.1) is 20.8 Å². The highest BCUT2D eigenvalue weighted by Crippen LogP contribution is 2.30. The number of methoxy groups -OCH3 is 2. The molecular formula is C26H23ClN4O5S. The van der Waals surface area contributed by atoms with Crippen molar-refractivity contribution in [3.63, 3.8) is 0 Å². The third kappa shape index (κ3) is 6.54. The van der Waals surface area contributed by atoms with Gasteiger partial charge in [-0.05, 0) is 42.5 Å². The number of hydrogen-bond donors (Lipinski definition) is 2. The molecule has 0 aliphatic heterocycles. The Labute approximate surface area is 222 Å². The van der Waals surface area contributed by atoms with E-state index in [9.17, 15) is 9.59 Å². The number of para-hydroxylation sites is 1. The van der Waals surface area contributed by atoms with Crippen LogP contribution in [0.25, 0.3) is 0 Å². The van der Waals surface area contributed by atoms with E-state index in [0.717, 1.165) is 5.56 Å². The van der Waals surface area contributed by atoms with Crippen molar-refractivity contribution in [2.24, 2.45) is 0 Å². The van der Waals surface area contributed by atoms with Gasteiger partial charge in [0.15, 0.2) is 11.5 Å². The number of carbonyl (C=O) groups excluding carboxylic acids is 2. The highest BCUT2D eigenvalue weighted by Gasteiger charge is 2.17. The number of rotatable bonds is 10. The summed E-state index contributed by atoms with van der Waals surface area (Å²) in [5, 5.41) is 8.40. The van der Waals surface area contributed by atoms with E-state index in [-0.39, 0.29) is 42.0 Å². The Hall–Kier alpha value is -4.15. The number of hydrogen-bond acceptors (Lipinski definition) is 8. The molecule has 0 saturated heterocycles. The van der Waals surface area contributed by atoms with Crippen molar-refractivity contribution in [2.45, 2.75) is 13.1 Å². The molecule has 2 amide bonds. The number of nitrogens with one attached hydrogen (secondary N) is 2. The van der Waals surface area contributed by atoms with Crippen molar-refractivity contribution in [1.29, 1.82) is 0 Å². The third-order valence-corrected chi connectivity index (χ3v) is 6.25. The Morgan fingerprint density at radius 2 is 1.73 bits per heavy atom. The molecule has 2 N–H and O–H groups in total. The average molecular weight is 539 g/mol. The van der Waals surface area contributed by atoms with E-state index in [1.165, 1.54) is 17.5 Å². The number of thiazole rings is 1. The number of benzene rings is 2. The molecule has 0 fully saturated rings. The summed E-state index contributed by atoms with van der Waals surface area (Å²) < 4.78 is 16.4. The summed E-state index contributed by atoms with van der Waals surface area (Å²) in [5.41, 5.74) is 1.29. The van der Waals surface area contributed by atoms with Gasteiger partial charge in [0, 0.05) is 28.7 Å². The molecule has 2 aromatic carbocycles. The van der Waals surface area contributed by atoms with Crippen LogP contribution in [0.5, 0.6) is 23.1 Å². The lowest BCUT2D eigenvalue weighted by Crippen LogP contribution is -2.25. The van der Waals surface area contributed by atoms with Crippen LogP contribution in [0.4, 0.5) is 0 Å². The van der Waals surface area contributed by atoms with Crippen molar-refractivity contribution >= 4 is 34.8 Å². The largest absolute Gasteiger partial charge is 0.493 e. The molecular weight excluding hydrogens is 516 g/mol.